The number of rotatable bonds is 8. The maximum Gasteiger partial charge on any atom is 0.107 e. The Morgan fingerprint density at radius 2 is 2.00 bits per heavy atom. The van der Waals surface area contributed by atoms with Crippen LogP contribution in [0.5, 0.6) is 0 Å². The molecule has 3 aliphatic rings. The monoisotopic (exact) mass is 429 g/mol. The molecule has 4 nitrogen and oxygen atoms in total. The molecule has 2 aromatic carbocycles. The third-order valence-corrected chi connectivity index (χ3v) is 7.61. The molecule has 0 aliphatic heterocycles. The van der Waals surface area contributed by atoms with Gasteiger partial charge >= 0.3 is 0 Å². The zero-order valence-electron chi connectivity index (χ0n) is 19.3. The molecule has 1 saturated carbocycles. The minimum atomic E-state index is -0.552. The summed E-state index contributed by atoms with van der Waals surface area (Å²) in [6, 6.07) is 17.0. The molecule has 3 aromatic rings. The van der Waals surface area contributed by atoms with Gasteiger partial charge in [0.2, 0.25) is 0 Å². The van der Waals surface area contributed by atoms with Crippen LogP contribution in [-0.2, 0) is 6.42 Å². The number of nitrogens with zero attached hydrogens (tertiary/aromatic N) is 2. The first kappa shape index (κ1) is 21.4. The van der Waals surface area contributed by atoms with Gasteiger partial charge in [-0.05, 0) is 81.8 Å². The van der Waals surface area contributed by atoms with Crippen molar-refractivity contribution in [3.63, 3.8) is 0 Å². The molecule has 1 fully saturated rings. The van der Waals surface area contributed by atoms with Crippen LogP contribution in [0.15, 0.2) is 54.6 Å². The SMILES string of the molecule is Cc1cccc(C2=CC3CC[C@@H]2C[C@@]3(O)CCN(C)CCCc2nc3ccccc3[nH]2)c1. The van der Waals surface area contributed by atoms with Crippen molar-refractivity contribution >= 4 is 16.6 Å². The number of aliphatic hydroxyl groups is 1. The van der Waals surface area contributed by atoms with Gasteiger partial charge in [-0.2, -0.15) is 0 Å². The smallest absolute Gasteiger partial charge is 0.107 e. The van der Waals surface area contributed by atoms with Crippen molar-refractivity contribution in [2.75, 3.05) is 20.1 Å². The number of hydrogen-bond donors (Lipinski definition) is 2. The Bertz CT molecular complexity index is 1080. The molecule has 1 heterocycles. The lowest BCUT2D eigenvalue weighted by atomic mass is 9.61. The number of aromatic amines is 1. The first-order chi connectivity index (χ1) is 15.5. The quantitative estimate of drug-likeness (QED) is 0.506. The second-order valence-corrected chi connectivity index (χ2v) is 10.0. The molecular formula is C28H35N3O. The van der Waals surface area contributed by atoms with E-state index in [4.69, 9.17) is 0 Å². The highest BCUT2D eigenvalue weighted by Gasteiger charge is 2.46. The van der Waals surface area contributed by atoms with Crippen molar-refractivity contribution < 1.29 is 5.11 Å². The number of aryl methyl sites for hydroxylation is 2. The minimum Gasteiger partial charge on any atom is -0.389 e. The van der Waals surface area contributed by atoms with Crippen LogP contribution >= 0.6 is 0 Å². The van der Waals surface area contributed by atoms with E-state index in [0.29, 0.717) is 5.92 Å². The van der Waals surface area contributed by atoms with Gasteiger partial charge in [0, 0.05) is 18.9 Å². The maximum atomic E-state index is 11.5. The van der Waals surface area contributed by atoms with Gasteiger partial charge in [-0.1, -0.05) is 48.0 Å². The summed E-state index contributed by atoms with van der Waals surface area (Å²) in [7, 11) is 2.18. The highest BCUT2D eigenvalue weighted by atomic mass is 16.3. The fraction of sp³-hybridized carbons (Fsp3) is 0.464. The zero-order valence-corrected chi connectivity index (χ0v) is 19.3. The van der Waals surface area contributed by atoms with Crippen LogP contribution in [-0.4, -0.2) is 45.7 Å². The first-order valence-corrected chi connectivity index (χ1v) is 12.1. The number of imidazole rings is 1. The second kappa shape index (κ2) is 8.84. The van der Waals surface area contributed by atoms with Crippen LogP contribution in [0.2, 0.25) is 0 Å². The standard InChI is InChI=1S/C28H35N3O/c1-20-7-5-8-21(17-20)24-18-23-13-12-22(24)19-28(23,32)14-16-31(2)15-6-11-27-29-25-9-3-4-10-26(25)30-27/h3-5,7-10,17-18,22-23,32H,6,11-16,19H2,1-2H3,(H,29,30)/t22-,23?,28+/m1/s1. The molecule has 168 valence electrons. The average molecular weight is 430 g/mol. The van der Waals surface area contributed by atoms with E-state index in [2.05, 4.69) is 71.3 Å². The van der Waals surface area contributed by atoms with E-state index < -0.39 is 5.60 Å². The van der Waals surface area contributed by atoms with E-state index in [1.807, 2.05) is 12.1 Å². The summed E-state index contributed by atoms with van der Waals surface area (Å²) in [6.45, 7) is 4.12. The Hall–Kier alpha value is -2.43. The van der Waals surface area contributed by atoms with Crippen LogP contribution in [0.4, 0.5) is 0 Å². The van der Waals surface area contributed by atoms with Crippen LogP contribution < -0.4 is 0 Å². The molecule has 0 amide bonds. The normalized spacial score (nSPS) is 24.9. The molecule has 0 radical (unpaired) electrons. The molecule has 3 aliphatic carbocycles. The number of aromatic nitrogens is 2. The lowest BCUT2D eigenvalue weighted by Gasteiger charge is -2.48. The van der Waals surface area contributed by atoms with E-state index in [1.54, 1.807) is 0 Å². The van der Waals surface area contributed by atoms with Crippen molar-refractivity contribution in [2.45, 2.75) is 51.0 Å². The van der Waals surface area contributed by atoms with Crippen LogP contribution in [0.3, 0.4) is 0 Å². The number of H-pyrrole nitrogens is 1. The number of fused-ring (bicyclic) bond motifs is 3. The van der Waals surface area contributed by atoms with Crippen molar-refractivity contribution in [3.8, 4) is 0 Å². The number of para-hydroxylation sites is 2. The van der Waals surface area contributed by atoms with Gasteiger partial charge < -0.3 is 15.0 Å². The number of benzene rings is 2. The van der Waals surface area contributed by atoms with Crippen molar-refractivity contribution in [1.82, 2.24) is 14.9 Å². The molecule has 4 heteroatoms. The van der Waals surface area contributed by atoms with E-state index in [9.17, 15) is 5.11 Å². The fourth-order valence-electron chi connectivity index (χ4n) is 5.77. The fourth-order valence-corrected chi connectivity index (χ4v) is 5.77. The van der Waals surface area contributed by atoms with E-state index in [-0.39, 0.29) is 5.92 Å². The van der Waals surface area contributed by atoms with Crippen molar-refractivity contribution in [2.24, 2.45) is 11.8 Å². The van der Waals surface area contributed by atoms with Crippen LogP contribution in [0.1, 0.15) is 49.1 Å². The summed E-state index contributed by atoms with van der Waals surface area (Å²) < 4.78 is 0. The van der Waals surface area contributed by atoms with Crippen LogP contribution in [0.25, 0.3) is 16.6 Å². The van der Waals surface area contributed by atoms with Gasteiger partial charge in [0.25, 0.3) is 0 Å². The van der Waals surface area contributed by atoms with E-state index in [0.717, 1.165) is 62.1 Å². The lowest BCUT2D eigenvalue weighted by molar-refractivity contribution is -0.0574. The van der Waals surface area contributed by atoms with Gasteiger partial charge in [0.1, 0.15) is 5.82 Å². The summed E-state index contributed by atoms with van der Waals surface area (Å²) >= 11 is 0. The third kappa shape index (κ3) is 4.39. The zero-order chi connectivity index (χ0) is 22.1. The Labute approximate surface area is 191 Å². The maximum absolute atomic E-state index is 11.5. The molecule has 1 unspecified atom stereocenters. The van der Waals surface area contributed by atoms with Crippen molar-refractivity contribution in [3.05, 3.63) is 71.6 Å². The summed E-state index contributed by atoms with van der Waals surface area (Å²) in [5.41, 5.74) is 5.73. The highest BCUT2D eigenvalue weighted by Crippen LogP contribution is 2.51. The summed E-state index contributed by atoms with van der Waals surface area (Å²) in [6.07, 6.45) is 8.51. The molecule has 1 aromatic heterocycles. The van der Waals surface area contributed by atoms with E-state index >= 15 is 0 Å². The average Bonchev–Trinajstić information content (AvgIpc) is 3.21. The predicted molar refractivity (Wildman–Crippen MR) is 131 cm³/mol. The Balaban J connectivity index is 1.14. The van der Waals surface area contributed by atoms with Gasteiger partial charge in [-0.15, -0.1) is 0 Å². The van der Waals surface area contributed by atoms with Gasteiger partial charge in [0.05, 0.1) is 16.6 Å². The van der Waals surface area contributed by atoms with Gasteiger partial charge in [0.15, 0.2) is 0 Å². The van der Waals surface area contributed by atoms with Gasteiger partial charge in [-0.3, -0.25) is 0 Å². The van der Waals surface area contributed by atoms with Crippen molar-refractivity contribution in [1.29, 1.82) is 0 Å². The minimum absolute atomic E-state index is 0.284. The molecule has 2 N–H and O–H groups in total. The third-order valence-electron chi connectivity index (χ3n) is 7.61. The first-order valence-electron chi connectivity index (χ1n) is 12.1. The molecule has 3 atom stereocenters. The molecular weight excluding hydrogens is 394 g/mol. The highest BCUT2D eigenvalue weighted by molar-refractivity contribution is 5.74. The number of allylic oxidation sites excluding steroid dienone is 1. The Morgan fingerprint density at radius 1 is 1.12 bits per heavy atom. The van der Waals surface area contributed by atoms with E-state index in [1.165, 1.54) is 23.1 Å². The summed E-state index contributed by atoms with van der Waals surface area (Å²) in [4.78, 5) is 10.5. The van der Waals surface area contributed by atoms with Gasteiger partial charge in [-0.25, -0.2) is 4.98 Å². The largest absolute Gasteiger partial charge is 0.389 e. The topological polar surface area (TPSA) is 52.1 Å². The number of hydrogen-bond acceptors (Lipinski definition) is 3. The lowest BCUT2D eigenvalue weighted by Crippen LogP contribution is -2.48. The summed E-state index contributed by atoms with van der Waals surface area (Å²) in [5.74, 6) is 1.84. The predicted octanol–water partition coefficient (Wildman–Crippen LogP) is 5.37. The molecule has 2 bridgehead atoms. The molecule has 32 heavy (non-hydrogen) atoms. The second-order valence-electron chi connectivity index (χ2n) is 10.0. The Kier molecular flexibility index (Phi) is 5.92. The Morgan fingerprint density at radius 3 is 2.78 bits per heavy atom. The number of nitrogens with one attached hydrogen (secondary N) is 1. The summed E-state index contributed by atoms with van der Waals surface area (Å²) in [5, 5.41) is 11.5. The molecule has 0 spiro atoms. The molecule has 6 rings (SSSR count). The molecule has 0 saturated heterocycles. The van der Waals surface area contributed by atoms with Crippen LogP contribution in [0, 0.1) is 18.8 Å².